The van der Waals surface area contributed by atoms with Gasteiger partial charge in [0.05, 0.1) is 11.5 Å². The summed E-state index contributed by atoms with van der Waals surface area (Å²) in [4.78, 5) is 17.0. The molecular formula is C17H25NO2S. The number of fused-ring (bicyclic) bond motifs is 1. The van der Waals surface area contributed by atoms with Crippen LogP contribution in [-0.4, -0.2) is 35.1 Å². The van der Waals surface area contributed by atoms with Crippen molar-refractivity contribution < 1.29 is 9.90 Å². The highest BCUT2D eigenvalue weighted by molar-refractivity contribution is 7.14. The minimum atomic E-state index is 0.0608. The maximum Gasteiger partial charge on any atom is 0.264 e. The zero-order valence-electron chi connectivity index (χ0n) is 12.8. The fourth-order valence-corrected chi connectivity index (χ4v) is 4.62. The predicted molar refractivity (Wildman–Crippen MR) is 85.9 cm³/mol. The van der Waals surface area contributed by atoms with E-state index in [9.17, 15) is 9.90 Å². The number of rotatable bonds is 5. The molecule has 3 rings (SSSR count). The Balaban J connectivity index is 1.76. The lowest BCUT2D eigenvalue weighted by Gasteiger charge is -2.37. The molecule has 116 valence electrons. The van der Waals surface area contributed by atoms with Gasteiger partial charge < -0.3 is 10.0 Å². The molecule has 1 aromatic rings. The smallest absolute Gasteiger partial charge is 0.264 e. The van der Waals surface area contributed by atoms with Crippen molar-refractivity contribution in [3.8, 4) is 0 Å². The van der Waals surface area contributed by atoms with Crippen LogP contribution in [0.1, 0.15) is 59.1 Å². The standard InChI is InChI=1S/C17H25NO2S/c1-2-12-6-7-15-13(10-12)11-16(21-15)17(20)18(8-9-19)14-4-3-5-14/h11-12,14,19H,2-10H2,1H3. The van der Waals surface area contributed by atoms with E-state index in [-0.39, 0.29) is 12.5 Å². The number of hydrogen-bond acceptors (Lipinski definition) is 3. The summed E-state index contributed by atoms with van der Waals surface area (Å²) in [7, 11) is 0. The van der Waals surface area contributed by atoms with E-state index < -0.39 is 0 Å². The summed E-state index contributed by atoms with van der Waals surface area (Å²) in [6.45, 7) is 2.79. The molecule has 1 unspecified atom stereocenters. The number of nitrogens with zero attached hydrogens (tertiary/aromatic N) is 1. The van der Waals surface area contributed by atoms with Crippen molar-refractivity contribution >= 4 is 17.2 Å². The van der Waals surface area contributed by atoms with Crippen LogP contribution in [-0.2, 0) is 12.8 Å². The number of carbonyl (C=O) groups is 1. The molecule has 1 atom stereocenters. The van der Waals surface area contributed by atoms with Crippen molar-refractivity contribution in [3.05, 3.63) is 21.4 Å². The average Bonchev–Trinajstić information content (AvgIpc) is 2.86. The van der Waals surface area contributed by atoms with Gasteiger partial charge in [0, 0.05) is 17.5 Å². The van der Waals surface area contributed by atoms with E-state index in [1.54, 1.807) is 11.3 Å². The van der Waals surface area contributed by atoms with Crippen molar-refractivity contribution in [2.75, 3.05) is 13.2 Å². The lowest BCUT2D eigenvalue weighted by Crippen LogP contribution is -2.45. The van der Waals surface area contributed by atoms with Gasteiger partial charge in [-0.2, -0.15) is 0 Å². The van der Waals surface area contributed by atoms with Crippen LogP contribution in [0.25, 0.3) is 0 Å². The molecule has 4 heteroatoms. The quantitative estimate of drug-likeness (QED) is 0.907. The molecular weight excluding hydrogens is 282 g/mol. The van der Waals surface area contributed by atoms with Gasteiger partial charge in [-0.1, -0.05) is 13.3 Å². The van der Waals surface area contributed by atoms with Crippen LogP contribution >= 0.6 is 11.3 Å². The third kappa shape index (κ3) is 3.02. The first-order valence-corrected chi connectivity index (χ1v) is 9.08. The van der Waals surface area contributed by atoms with E-state index in [4.69, 9.17) is 0 Å². The number of carbonyl (C=O) groups excluding carboxylic acids is 1. The van der Waals surface area contributed by atoms with Crippen LogP contribution in [0.3, 0.4) is 0 Å². The Bertz CT molecular complexity index is 507. The minimum Gasteiger partial charge on any atom is -0.395 e. The molecule has 2 aliphatic carbocycles. The fourth-order valence-electron chi connectivity index (χ4n) is 3.45. The summed E-state index contributed by atoms with van der Waals surface area (Å²) < 4.78 is 0. The van der Waals surface area contributed by atoms with Gasteiger partial charge in [-0.05, 0) is 56.1 Å². The SMILES string of the molecule is CCC1CCc2sc(C(=O)N(CCO)C3CCC3)cc2C1. The van der Waals surface area contributed by atoms with Crippen molar-refractivity contribution in [2.24, 2.45) is 5.92 Å². The molecule has 21 heavy (non-hydrogen) atoms. The summed E-state index contributed by atoms with van der Waals surface area (Å²) in [5.74, 6) is 0.927. The monoisotopic (exact) mass is 307 g/mol. The van der Waals surface area contributed by atoms with E-state index >= 15 is 0 Å². The Kier molecular flexibility index (Phi) is 4.65. The Morgan fingerprint density at radius 2 is 2.24 bits per heavy atom. The van der Waals surface area contributed by atoms with Crippen LogP contribution in [0, 0.1) is 5.92 Å². The summed E-state index contributed by atoms with van der Waals surface area (Å²) in [6, 6.07) is 2.49. The van der Waals surface area contributed by atoms with Gasteiger partial charge in [-0.25, -0.2) is 0 Å². The molecule has 0 saturated heterocycles. The van der Waals surface area contributed by atoms with Crippen molar-refractivity contribution in [1.82, 2.24) is 4.90 Å². The van der Waals surface area contributed by atoms with Crippen molar-refractivity contribution in [3.63, 3.8) is 0 Å². The molecule has 1 saturated carbocycles. The molecule has 0 aliphatic heterocycles. The topological polar surface area (TPSA) is 40.5 Å². The third-order valence-electron chi connectivity index (χ3n) is 5.09. The molecule has 1 amide bonds. The summed E-state index contributed by atoms with van der Waals surface area (Å²) >= 11 is 1.69. The highest BCUT2D eigenvalue weighted by Crippen LogP contribution is 2.35. The lowest BCUT2D eigenvalue weighted by atomic mass is 9.87. The second kappa shape index (κ2) is 6.49. The van der Waals surface area contributed by atoms with Crippen LogP contribution < -0.4 is 0 Å². The number of hydrogen-bond donors (Lipinski definition) is 1. The van der Waals surface area contributed by atoms with Gasteiger partial charge in [-0.3, -0.25) is 4.79 Å². The maximum absolute atomic E-state index is 12.8. The Morgan fingerprint density at radius 3 is 2.86 bits per heavy atom. The summed E-state index contributed by atoms with van der Waals surface area (Å²) in [5.41, 5.74) is 1.40. The first-order valence-electron chi connectivity index (χ1n) is 8.26. The number of aliphatic hydroxyl groups is 1. The van der Waals surface area contributed by atoms with Crippen molar-refractivity contribution in [2.45, 2.75) is 57.9 Å². The lowest BCUT2D eigenvalue weighted by molar-refractivity contribution is 0.0530. The highest BCUT2D eigenvalue weighted by Gasteiger charge is 2.31. The molecule has 0 aromatic carbocycles. The van der Waals surface area contributed by atoms with Crippen LogP contribution in [0.15, 0.2) is 6.07 Å². The number of aryl methyl sites for hydroxylation is 1. The van der Waals surface area contributed by atoms with E-state index in [1.807, 2.05) is 4.90 Å². The third-order valence-corrected chi connectivity index (χ3v) is 6.32. The Hall–Kier alpha value is -0.870. The molecule has 1 heterocycles. The zero-order valence-corrected chi connectivity index (χ0v) is 13.6. The molecule has 3 nitrogen and oxygen atoms in total. The first kappa shape index (κ1) is 15.0. The van der Waals surface area contributed by atoms with Crippen molar-refractivity contribution in [1.29, 1.82) is 0 Å². The number of aliphatic hydroxyl groups excluding tert-OH is 1. The van der Waals surface area contributed by atoms with Gasteiger partial charge in [0.15, 0.2) is 0 Å². The second-order valence-electron chi connectivity index (χ2n) is 6.38. The van der Waals surface area contributed by atoms with Crippen LogP contribution in [0.4, 0.5) is 0 Å². The van der Waals surface area contributed by atoms with Gasteiger partial charge in [-0.15, -0.1) is 11.3 Å². The molecule has 1 N–H and O–H groups in total. The number of amides is 1. The van der Waals surface area contributed by atoms with E-state index in [1.165, 1.54) is 29.7 Å². The molecule has 0 spiro atoms. The largest absolute Gasteiger partial charge is 0.395 e. The van der Waals surface area contributed by atoms with Gasteiger partial charge >= 0.3 is 0 Å². The average molecular weight is 307 g/mol. The fraction of sp³-hybridized carbons (Fsp3) is 0.706. The number of thiophene rings is 1. The second-order valence-corrected chi connectivity index (χ2v) is 7.52. The maximum atomic E-state index is 12.8. The van der Waals surface area contributed by atoms with Gasteiger partial charge in [0.1, 0.15) is 0 Å². The summed E-state index contributed by atoms with van der Waals surface area (Å²) in [5, 5.41) is 9.24. The van der Waals surface area contributed by atoms with E-state index in [0.29, 0.717) is 12.6 Å². The first-order chi connectivity index (χ1) is 10.2. The summed E-state index contributed by atoms with van der Waals surface area (Å²) in [6.07, 6.45) is 8.16. The Labute approximate surface area is 131 Å². The molecule has 0 bridgehead atoms. The van der Waals surface area contributed by atoms with Gasteiger partial charge in [0.2, 0.25) is 0 Å². The normalized spacial score (nSPS) is 21.7. The minimum absolute atomic E-state index is 0.0608. The molecule has 1 aromatic heterocycles. The van der Waals surface area contributed by atoms with E-state index in [0.717, 1.165) is 36.5 Å². The van der Waals surface area contributed by atoms with Gasteiger partial charge in [0.25, 0.3) is 5.91 Å². The predicted octanol–water partition coefficient (Wildman–Crippen LogP) is 3.25. The molecule has 2 aliphatic rings. The van der Waals surface area contributed by atoms with E-state index in [2.05, 4.69) is 13.0 Å². The Morgan fingerprint density at radius 1 is 1.43 bits per heavy atom. The molecule has 1 fully saturated rings. The van der Waals surface area contributed by atoms with Crippen LogP contribution in [0.2, 0.25) is 0 Å². The molecule has 0 radical (unpaired) electrons. The zero-order chi connectivity index (χ0) is 14.8. The van der Waals surface area contributed by atoms with Crippen LogP contribution in [0.5, 0.6) is 0 Å². The highest BCUT2D eigenvalue weighted by atomic mass is 32.1.